The van der Waals surface area contributed by atoms with E-state index in [1.165, 1.54) is 0 Å². The maximum Gasteiger partial charge on any atom is 0.322 e. The molecule has 2 aromatic heterocycles. The molecule has 0 unspecified atom stereocenters. The highest BCUT2D eigenvalue weighted by Crippen LogP contribution is 2.11. The summed E-state index contributed by atoms with van der Waals surface area (Å²) in [7, 11) is 0. The van der Waals surface area contributed by atoms with Gasteiger partial charge in [0.1, 0.15) is 5.69 Å². The van der Waals surface area contributed by atoms with Crippen LogP contribution < -0.4 is 5.32 Å². The van der Waals surface area contributed by atoms with Crippen molar-refractivity contribution in [3.8, 4) is 0 Å². The van der Waals surface area contributed by atoms with Gasteiger partial charge < -0.3 is 4.42 Å². The Bertz CT molecular complexity index is 726. The fourth-order valence-corrected chi connectivity index (χ4v) is 1.80. The first kappa shape index (κ1) is 13.0. The third-order valence-electron chi connectivity index (χ3n) is 2.78. The van der Waals surface area contributed by atoms with Crippen LogP contribution in [0.25, 0.3) is 0 Å². The zero-order valence-corrected chi connectivity index (χ0v) is 11.1. The van der Waals surface area contributed by atoms with Gasteiger partial charge in [0, 0.05) is 6.20 Å². The maximum atomic E-state index is 11.9. The largest absolute Gasteiger partial charge is 0.407 e. The van der Waals surface area contributed by atoms with Gasteiger partial charge >= 0.3 is 6.01 Å². The van der Waals surface area contributed by atoms with Gasteiger partial charge in [0.05, 0.1) is 6.42 Å². The number of rotatable bonds is 4. The number of nitrogens with one attached hydrogen (secondary N) is 1. The second kappa shape index (κ2) is 5.96. The Balaban J connectivity index is 1.67. The number of pyridine rings is 1. The number of carbonyl (C=O) groups is 1. The van der Waals surface area contributed by atoms with Crippen molar-refractivity contribution in [1.29, 1.82) is 0 Å². The predicted molar refractivity (Wildman–Crippen MR) is 75.7 cm³/mol. The lowest BCUT2D eigenvalue weighted by Crippen LogP contribution is -2.13. The molecule has 1 aromatic carbocycles. The number of hydrogen-bond donors (Lipinski definition) is 1. The molecule has 0 aliphatic carbocycles. The molecule has 0 radical (unpaired) electrons. The van der Waals surface area contributed by atoms with Crippen LogP contribution in [0.1, 0.15) is 21.9 Å². The molecule has 0 saturated heterocycles. The minimum absolute atomic E-state index is 0.0663. The van der Waals surface area contributed by atoms with E-state index in [2.05, 4.69) is 20.5 Å². The lowest BCUT2D eigenvalue weighted by Gasteiger charge is -1.98. The summed E-state index contributed by atoms with van der Waals surface area (Å²) in [6, 6.07) is 14.9. The van der Waals surface area contributed by atoms with E-state index in [0.717, 1.165) is 5.56 Å². The zero-order chi connectivity index (χ0) is 14.5. The van der Waals surface area contributed by atoms with Crippen LogP contribution in [0.5, 0.6) is 0 Å². The Kier molecular flexibility index (Phi) is 3.68. The van der Waals surface area contributed by atoms with Crippen molar-refractivity contribution in [3.63, 3.8) is 0 Å². The number of anilines is 1. The van der Waals surface area contributed by atoms with E-state index >= 15 is 0 Å². The molecule has 3 rings (SSSR count). The van der Waals surface area contributed by atoms with Gasteiger partial charge in [0.2, 0.25) is 5.89 Å². The molecule has 0 spiro atoms. The van der Waals surface area contributed by atoms with Crippen LogP contribution in [0, 0.1) is 0 Å². The Hall–Kier alpha value is -3.02. The van der Waals surface area contributed by atoms with Crippen LogP contribution in [0.15, 0.2) is 59.1 Å². The minimum Gasteiger partial charge on any atom is -0.407 e. The highest BCUT2D eigenvalue weighted by molar-refractivity contribution is 6.01. The molecule has 0 saturated carbocycles. The number of benzene rings is 1. The fourth-order valence-electron chi connectivity index (χ4n) is 1.80. The molecule has 1 amide bonds. The molecular formula is C15H12N4O2. The van der Waals surface area contributed by atoms with Gasteiger partial charge in [-0.25, -0.2) is 0 Å². The Morgan fingerprint density at radius 2 is 1.86 bits per heavy atom. The van der Waals surface area contributed by atoms with Crippen molar-refractivity contribution in [2.75, 3.05) is 5.32 Å². The van der Waals surface area contributed by atoms with Crippen molar-refractivity contribution in [2.24, 2.45) is 0 Å². The smallest absolute Gasteiger partial charge is 0.322 e. The molecule has 0 fully saturated rings. The quantitative estimate of drug-likeness (QED) is 0.793. The lowest BCUT2D eigenvalue weighted by atomic mass is 10.2. The number of aromatic nitrogens is 3. The molecule has 0 aliphatic heterocycles. The van der Waals surface area contributed by atoms with Crippen LogP contribution in [0.3, 0.4) is 0 Å². The van der Waals surface area contributed by atoms with Crippen LogP contribution in [0.4, 0.5) is 6.01 Å². The normalized spacial score (nSPS) is 10.3. The highest BCUT2D eigenvalue weighted by Gasteiger charge is 2.12. The molecule has 6 heteroatoms. The van der Waals surface area contributed by atoms with Gasteiger partial charge in [0.25, 0.3) is 5.91 Å². The Morgan fingerprint density at radius 1 is 1.05 bits per heavy atom. The standard InChI is InChI=1S/C15H12N4O2/c20-14(12-8-4-5-9-16-12)17-15-19-18-13(21-15)10-11-6-2-1-3-7-11/h1-9H,10H2,(H,17,19,20). The van der Waals surface area contributed by atoms with Crippen LogP contribution in [-0.4, -0.2) is 21.1 Å². The summed E-state index contributed by atoms with van der Waals surface area (Å²) >= 11 is 0. The Labute approximate surface area is 120 Å². The summed E-state index contributed by atoms with van der Waals surface area (Å²) in [4.78, 5) is 15.8. The molecular weight excluding hydrogens is 268 g/mol. The van der Waals surface area contributed by atoms with E-state index in [-0.39, 0.29) is 11.9 Å². The third kappa shape index (κ3) is 3.30. The number of carbonyl (C=O) groups excluding carboxylic acids is 1. The summed E-state index contributed by atoms with van der Waals surface area (Å²) in [6.07, 6.45) is 2.07. The first-order chi connectivity index (χ1) is 10.3. The molecule has 21 heavy (non-hydrogen) atoms. The van der Waals surface area contributed by atoms with Gasteiger partial charge in [-0.1, -0.05) is 41.5 Å². The minimum atomic E-state index is -0.384. The predicted octanol–water partition coefficient (Wildman–Crippen LogP) is 2.31. The van der Waals surface area contributed by atoms with Crippen LogP contribution in [-0.2, 0) is 6.42 Å². The van der Waals surface area contributed by atoms with E-state index in [1.807, 2.05) is 30.3 Å². The third-order valence-corrected chi connectivity index (χ3v) is 2.78. The first-order valence-electron chi connectivity index (χ1n) is 6.40. The van der Waals surface area contributed by atoms with Crippen molar-refractivity contribution in [3.05, 3.63) is 71.9 Å². The molecule has 1 N–H and O–H groups in total. The van der Waals surface area contributed by atoms with E-state index < -0.39 is 0 Å². The molecule has 0 atom stereocenters. The van der Waals surface area contributed by atoms with Crippen molar-refractivity contribution in [2.45, 2.75) is 6.42 Å². The van der Waals surface area contributed by atoms with Gasteiger partial charge in [-0.15, -0.1) is 5.10 Å². The summed E-state index contributed by atoms with van der Waals surface area (Å²) in [5.74, 6) is 0.0584. The Morgan fingerprint density at radius 3 is 2.62 bits per heavy atom. The monoisotopic (exact) mass is 280 g/mol. The molecule has 0 bridgehead atoms. The fraction of sp³-hybridized carbons (Fsp3) is 0.0667. The molecule has 0 aliphatic rings. The summed E-state index contributed by atoms with van der Waals surface area (Å²) in [6.45, 7) is 0. The molecule has 6 nitrogen and oxygen atoms in total. The van der Waals surface area contributed by atoms with E-state index in [1.54, 1.807) is 24.4 Å². The molecule has 3 aromatic rings. The van der Waals surface area contributed by atoms with Gasteiger partial charge in [-0.3, -0.25) is 15.1 Å². The number of hydrogen-bond acceptors (Lipinski definition) is 5. The average molecular weight is 280 g/mol. The first-order valence-corrected chi connectivity index (χ1v) is 6.40. The molecule has 104 valence electrons. The summed E-state index contributed by atoms with van der Waals surface area (Å²) in [5, 5.41) is 10.2. The zero-order valence-electron chi connectivity index (χ0n) is 11.1. The second-order valence-electron chi connectivity index (χ2n) is 4.33. The van der Waals surface area contributed by atoms with Gasteiger partial charge in [-0.2, -0.15) is 0 Å². The summed E-state index contributed by atoms with van der Waals surface area (Å²) < 4.78 is 5.40. The van der Waals surface area contributed by atoms with Crippen molar-refractivity contribution in [1.82, 2.24) is 15.2 Å². The van der Waals surface area contributed by atoms with E-state index in [9.17, 15) is 4.79 Å². The van der Waals surface area contributed by atoms with Crippen molar-refractivity contribution >= 4 is 11.9 Å². The SMILES string of the molecule is O=C(Nc1nnc(Cc2ccccc2)o1)c1ccccn1. The number of amides is 1. The lowest BCUT2D eigenvalue weighted by molar-refractivity contribution is 0.101. The van der Waals surface area contributed by atoms with E-state index in [0.29, 0.717) is 18.0 Å². The van der Waals surface area contributed by atoms with Gasteiger partial charge in [0.15, 0.2) is 0 Å². The number of nitrogens with zero attached hydrogens (tertiary/aromatic N) is 3. The van der Waals surface area contributed by atoms with Crippen molar-refractivity contribution < 1.29 is 9.21 Å². The molecule has 2 heterocycles. The van der Waals surface area contributed by atoms with Gasteiger partial charge in [-0.05, 0) is 17.7 Å². The second-order valence-corrected chi connectivity index (χ2v) is 4.33. The average Bonchev–Trinajstić information content (AvgIpc) is 2.96. The maximum absolute atomic E-state index is 11.9. The summed E-state index contributed by atoms with van der Waals surface area (Å²) in [5.41, 5.74) is 1.35. The van der Waals surface area contributed by atoms with Crippen LogP contribution in [0.2, 0.25) is 0 Å². The topological polar surface area (TPSA) is 80.9 Å². The van der Waals surface area contributed by atoms with Crippen LogP contribution >= 0.6 is 0 Å². The highest BCUT2D eigenvalue weighted by atomic mass is 16.4. The van der Waals surface area contributed by atoms with E-state index in [4.69, 9.17) is 4.42 Å².